The van der Waals surface area contributed by atoms with Gasteiger partial charge in [-0.1, -0.05) is 18.3 Å². The molecular formula is C45H69N4O6+. The number of allylic oxidation sites excluding steroid dienone is 1. The Morgan fingerprint density at radius 2 is 1.76 bits per heavy atom. The van der Waals surface area contributed by atoms with Gasteiger partial charge in [-0.25, -0.2) is 0 Å². The van der Waals surface area contributed by atoms with E-state index in [9.17, 15) is 24.9 Å². The Labute approximate surface area is 329 Å². The van der Waals surface area contributed by atoms with Crippen LogP contribution in [0.4, 0.5) is 0 Å². The molecule has 55 heavy (non-hydrogen) atoms. The minimum absolute atomic E-state index is 0.0236. The van der Waals surface area contributed by atoms with Gasteiger partial charge in [-0.15, -0.1) is 4.99 Å². The number of carbonyl (C=O) groups excluding carboxylic acids is 2. The minimum Gasteiger partial charge on any atom is -0.393 e. The quantitative estimate of drug-likeness (QED) is 0.117. The summed E-state index contributed by atoms with van der Waals surface area (Å²) in [5.41, 5.74) is 7.56. The molecule has 10 heteroatoms. The number of piperidine rings is 2. The van der Waals surface area contributed by atoms with Crippen LogP contribution in [0.15, 0.2) is 16.6 Å². The van der Waals surface area contributed by atoms with Crippen LogP contribution >= 0.6 is 0 Å². The number of Topliss-reactive ketones (excluding diaryl/α,β-unsaturated/α-hetero) is 2. The molecule has 10 nitrogen and oxygen atoms in total. The summed E-state index contributed by atoms with van der Waals surface area (Å²) in [6.45, 7) is 3.70. The summed E-state index contributed by atoms with van der Waals surface area (Å²) >= 11 is 0. The zero-order valence-corrected chi connectivity index (χ0v) is 33.2. The third kappa shape index (κ3) is 10.3. The number of carbonyl (C=O) groups is 2. The number of methoxy groups -OCH3 is 1. The van der Waals surface area contributed by atoms with E-state index >= 15 is 0 Å². The van der Waals surface area contributed by atoms with E-state index < -0.39 is 24.2 Å². The summed E-state index contributed by atoms with van der Waals surface area (Å²) in [5.74, 6) is 10.2. The molecule has 16 atom stereocenters. The van der Waals surface area contributed by atoms with Crippen LogP contribution in [0.2, 0.25) is 0 Å². The Balaban J connectivity index is 0.962. The highest BCUT2D eigenvalue weighted by Gasteiger charge is 2.45. The molecular weight excluding hydrogens is 693 g/mol. The molecule has 0 aromatic rings. The maximum atomic E-state index is 13.8. The van der Waals surface area contributed by atoms with Gasteiger partial charge < -0.3 is 36.4 Å². The van der Waals surface area contributed by atoms with Crippen molar-refractivity contribution < 1.29 is 29.6 Å². The Morgan fingerprint density at radius 1 is 0.909 bits per heavy atom. The molecule has 2 saturated heterocycles. The van der Waals surface area contributed by atoms with E-state index in [1.165, 1.54) is 12.0 Å². The number of aliphatic imine (C=N–C) groups is 1. The third-order valence-corrected chi connectivity index (χ3v) is 15.4. The van der Waals surface area contributed by atoms with Crippen LogP contribution < -0.4 is 16.4 Å². The molecule has 3 aliphatic heterocycles. The lowest BCUT2D eigenvalue weighted by atomic mass is 9.61. The fourth-order valence-electron chi connectivity index (χ4n) is 12.2. The first-order valence-electron chi connectivity index (χ1n) is 22.1. The molecule has 304 valence electrons. The van der Waals surface area contributed by atoms with E-state index in [-0.39, 0.29) is 35.8 Å². The summed E-state index contributed by atoms with van der Waals surface area (Å²) in [6, 6.07) is 0.361. The van der Waals surface area contributed by atoms with Crippen LogP contribution in [0.1, 0.15) is 116 Å². The number of hydrogen-bond acceptors (Lipinski definition) is 10. The monoisotopic (exact) mass is 762 g/mol. The molecule has 7 N–H and O–H groups in total. The Morgan fingerprint density at radius 3 is 2.58 bits per heavy atom. The van der Waals surface area contributed by atoms with Gasteiger partial charge in [-0.3, -0.25) is 9.59 Å². The number of aliphatic hydroxyl groups is 3. The van der Waals surface area contributed by atoms with E-state index in [2.05, 4.69) is 33.5 Å². The van der Waals surface area contributed by atoms with Crippen molar-refractivity contribution in [2.24, 2.45) is 69.9 Å². The van der Waals surface area contributed by atoms with Gasteiger partial charge in [-0.2, -0.15) is 0 Å². The van der Waals surface area contributed by atoms with Gasteiger partial charge in [0, 0.05) is 51.3 Å². The van der Waals surface area contributed by atoms with Gasteiger partial charge in [0.2, 0.25) is 0 Å². The summed E-state index contributed by atoms with van der Waals surface area (Å²) in [5, 5.41) is 41.2. The molecule has 7 unspecified atom stereocenters. The average molecular weight is 762 g/mol. The number of ketones is 2. The fraction of sp³-hybridized carbons (Fsp3) is 0.822. The third-order valence-electron chi connectivity index (χ3n) is 15.4. The molecule has 0 aromatic heterocycles. The molecule has 0 amide bonds. The molecule has 5 fully saturated rings. The fourth-order valence-corrected chi connectivity index (χ4v) is 12.2. The van der Waals surface area contributed by atoms with Crippen molar-refractivity contribution in [3.63, 3.8) is 0 Å². The first kappa shape index (κ1) is 41.1. The first-order valence-corrected chi connectivity index (χ1v) is 22.1. The SMILES string of the molecule is COC1CC2CCC(=O)[C@@H]([C@H](O)CC[C@@H]3CC[C@@H]4[C@H](CN[C@@H]5CC(=O)CC[C@@H]45)C3)C#C[C@@H](CC[C@H](O)CCC3CC(N)NCC3CC3=C[CH+]N=C3)C2CC1O. The second-order valence-electron chi connectivity index (χ2n) is 18.8. The second-order valence-corrected chi connectivity index (χ2v) is 18.8. The van der Waals surface area contributed by atoms with Gasteiger partial charge >= 0.3 is 0 Å². The van der Waals surface area contributed by atoms with E-state index in [1.807, 2.05) is 12.8 Å². The molecule has 7 aliphatic rings. The molecule has 7 rings (SSSR count). The predicted octanol–water partition coefficient (Wildman–Crippen LogP) is 4.50. The normalized spacial score (nSPS) is 41.5. The number of nitrogens with two attached hydrogens (primary N) is 1. The van der Waals surface area contributed by atoms with Crippen LogP contribution in [-0.4, -0.2) is 89.9 Å². The molecule has 0 bridgehead atoms. The van der Waals surface area contributed by atoms with Gasteiger partial charge in [-0.05, 0) is 137 Å². The lowest BCUT2D eigenvalue weighted by Gasteiger charge is -2.49. The molecule has 0 radical (unpaired) electrons. The Hall–Kier alpha value is -2.10. The Kier molecular flexibility index (Phi) is 14.3. The number of aliphatic hydroxyl groups excluding tert-OH is 3. The molecule has 4 aliphatic carbocycles. The van der Waals surface area contributed by atoms with Crippen molar-refractivity contribution in [1.82, 2.24) is 10.6 Å². The maximum absolute atomic E-state index is 13.8. The van der Waals surface area contributed by atoms with Crippen molar-refractivity contribution in [3.8, 4) is 11.8 Å². The van der Waals surface area contributed by atoms with Crippen molar-refractivity contribution in [2.75, 3.05) is 20.2 Å². The second kappa shape index (κ2) is 19.1. The Bertz CT molecular complexity index is 1440. The highest BCUT2D eigenvalue weighted by atomic mass is 16.5. The van der Waals surface area contributed by atoms with Gasteiger partial charge in [0.05, 0.1) is 36.7 Å². The molecule has 3 heterocycles. The van der Waals surface area contributed by atoms with Gasteiger partial charge in [0.1, 0.15) is 29.6 Å². The van der Waals surface area contributed by atoms with Crippen molar-refractivity contribution in [2.45, 2.75) is 152 Å². The minimum atomic E-state index is -0.798. The number of hydrogen-bond donors (Lipinski definition) is 6. The van der Waals surface area contributed by atoms with Crippen molar-refractivity contribution >= 4 is 17.8 Å². The van der Waals surface area contributed by atoms with E-state index in [1.54, 1.807) is 7.11 Å². The van der Waals surface area contributed by atoms with E-state index in [4.69, 9.17) is 10.5 Å². The largest absolute Gasteiger partial charge is 0.393 e. The summed E-state index contributed by atoms with van der Waals surface area (Å²) < 4.78 is 5.68. The van der Waals surface area contributed by atoms with Crippen LogP contribution in [0.25, 0.3) is 0 Å². The highest BCUT2D eigenvalue weighted by molar-refractivity contribution is 5.84. The number of rotatable bonds is 13. The predicted molar refractivity (Wildman–Crippen MR) is 213 cm³/mol. The summed E-state index contributed by atoms with van der Waals surface area (Å²) in [6.07, 6.45) is 16.4. The molecule has 0 spiro atoms. The van der Waals surface area contributed by atoms with E-state index in [0.29, 0.717) is 105 Å². The smallest absolute Gasteiger partial charge is 0.176 e. The van der Waals surface area contributed by atoms with E-state index in [0.717, 1.165) is 64.5 Å². The molecule has 3 saturated carbocycles. The van der Waals surface area contributed by atoms with Crippen LogP contribution in [-0.2, 0) is 14.3 Å². The number of fused-ring (bicyclic) bond motifs is 4. The average Bonchev–Trinajstić information content (AvgIpc) is 3.71. The van der Waals surface area contributed by atoms with Crippen LogP contribution in [0.5, 0.6) is 0 Å². The number of ether oxygens (including phenoxy) is 1. The zero-order chi connectivity index (χ0) is 38.5. The summed E-state index contributed by atoms with van der Waals surface area (Å²) in [7, 11) is 1.65. The lowest BCUT2D eigenvalue weighted by molar-refractivity contribution is -0.125. The lowest BCUT2D eigenvalue weighted by Crippen LogP contribution is -2.54. The number of nitrogens with one attached hydrogen (secondary N) is 2. The van der Waals surface area contributed by atoms with Gasteiger partial charge in [0.15, 0.2) is 6.21 Å². The van der Waals surface area contributed by atoms with Gasteiger partial charge in [0.25, 0.3) is 0 Å². The maximum Gasteiger partial charge on any atom is 0.176 e. The first-order chi connectivity index (χ1) is 26.6. The van der Waals surface area contributed by atoms with Crippen LogP contribution in [0, 0.1) is 77.6 Å². The van der Waals surface area contributed by atoms with Crippen molar-refractivity contribution in [1.29, 1.82) is 0 Å². The highest BCUT2D eigenvalue weighted by Crippen LogP contribution is 2.47. The molecule has 0 aromatic carbocycles. The topological polar surface area (TPSA) is 166 Å². The zero-order valence-electron chi connectivity index (χ0n) is 33.2. The van der Waals surface area contributed by atoms with Crippen molar-refractivity contribution in [3.05, 3.63) is 18.2 Å². The van der Waals surface area contributed by atoms with Crippen LogP contribution in [0.3, 0.4) is 0 Å². The standard InChI is InChI=1S/C45H69N4O6/c1-55-44-20-31-7-15-42(53)38(41(52)14-3-27-2-11-36-33(18-27)26-48-40-22-35(51)10-13-37(36)40)12-6-29(39(31)23-43(44)54)4-8-34(50)9-5-30-21-45(46)49-25-32(30)19-28-16-17-47-24-28/h16-17,24,27,29-34,36-41,43-45,48-50,52,54H,2-5,7-11,13-15,18-23,25-26,46H2,1H3/q+1/t27-,29+,30?,31?,32?,33-,34-,36+,37-,38+,39?,40+,41+,43?,44?,45?/m0/s1. The number of nitrogens with zero attached hydrogens (tertiary/aromatic N) is 1. The summed E-state index contributed by atoms with van der Waals surface area (Å²) in [4.78, 5) is 30.1.